The number of amides is 2. The Kier molecular flexibility index (Phi) is 5.52. The first kappa shape index (κ1) is 18.2. The van der Waals surface area contributed by atoms with E-state index >= 15 is 0 Å². The van der Waals surface area contributed by atoms with Crippen LogP contribution in [0.25, 0.3) is 0 Å². The molecule has 0 spiro atoms. The van der Waals surface area contributed by atoms with E-state index in [2.05, 4.69) is 0 Å². The van der Waals surface area contributed by atoms with E-state index in [1.165, 1.54) is 24.3 Å². The minimum absolute atomic E-state index is 0.0728. The summed E-state index contributed by atoms with van der Waals surface area (Å²) in [4.78, 5) is 24.8. The van der Waals surface area contributed by atoms with Gasteiger partial charge in [0.1, 0.15) is 5.70 Å². The van der Waals surface area contributed by atoms with Gasteiger partial charge in [0.2, 0.25) is 6.41 Å². The molecule has 5 nitrogen and oxygen atoms in total. The minimum Gasteiger partial charge on any atom is -0.373 e. The van der Waals surface area contributed by atoms with Crippen LogP contribution in [0.5, 0.6) is 0 Å². The van der Waals surface area contributed by atoms with E-state index in [9.17, 15) is 22.8 Å². The highest BCUT2D eigenvalue weighted by Gasteiger charge is 2.39. The number of anilines is 1. The van der Waals surface area contributed by atoms with E-state index < -0.39 is 23.4 Å². The van der Waals surface area contributed by atoms with Crippen molar-refractivity contribution in [3.8, 4) is 6.07 Å². The average molecular weight is 325 g/mol. The minimum atomic E-state index is -4.73. The number of imide groups is 1. The second kappa shape index (κ2) is 6.96. The summed E-state index contributed by atoms with van der Waals surface area (Å²) in [6.45, 7) is 1.01. The summed E-state index contributed by atoms with van der Waals surface area (Å²) >= 11 is 0. The molecule has 0 atom stereocenters. The second-order valence-electron chi connectivity index (χ2n) is 4.81. The van der Waals surface area contributed by atoms with E-state index in [0.717, 1.165) is 25.9 Å². The third-order valence-corrected chi connectivity index (χ3v) is 2.99. The van der Waals surface area contributed by atoms with Crippen molar-refractivity contribution in [1.29, 1.82) is 5.26 Å². The first-order valence-electron chi connectivity index (χ1n) is 6.38. The summed E-state index contributed by atoms with van der Waals surface area (Å²) in [5.74, 6) is -1.09. The number of hydrogen-bond donors (Lipinski definition) is 0. The van der Waals surface area contributed by atoms with Gasteiger partial charge >= 0.3 is 6.18 Å². The van der Waals surface area contributed by atoms with Crippen LogP contribution in [0.4, 0.5) is 18.9 Å². The van der Waals surface area contributed by atoms with Crippen LogP contribution < -0.4 is 4.90 Å². The van der Waals surface area contributed by atoms with Crippen LogP contribution in [-0.2, 0) is 9.59 Å². The molecule has 1 rings (SSSR count). The topological polar surface area (TPSA) is 64.4 Å². The van der Waals surface area contributed by atoms with Gasteiger partial charge in [-0.1, -0.05) is 0 Å². The van der Waals surface area contributed by atoms with Crippen LogP contribution in [0.2, 0.25) is 0 Å². The Morgan fingerprint density at radius 3 is 2.09 bits per heavy atom. The van der Waals surface area contributed by atoms with Gasteiger partial charge in [-0.15, -0.1) is 0 Å². The van der Waals surface area contributed by atoms with Crippen molar-refractivity contribution in [3.05, 3.63) is 41.1 Å². The van der Waals surface area contributed by atoms with Crippen molar-refractivity contribution < 1.29 is 22.8 Å². The average Bonchev–Trinajstić information content (AvgIpc) is 2.46. The fourth-order valence-corrected chi connectivity index (χ4v) is 2.01. The molecule has 0 aromatic heterocycles. The first-order chi connectivity index (χ1) is 10.6. The Morgan fingerprint density at radius 2 is 1.74 bits per heavy atom. The highest BCUT2D eigenvalue weighted by molar-refractivity contribution is 6.15. The third kappa shape index (κ3) is 4.10. The second-order valence-corrected chi connectivity index (χ2v) is 4.81. The number of carbonyl (C=O) groups is 2. The molecule has 0 saturated heterocycles. The van der Waals surface area contributed by atoms with Crippen molar-refractivity contribution in [2.24, 2.45) is 0 Å². The maximum Gasteiger partial charge on any atom is 0.431 e. The van der Waals surface area contributed by atoms with Gasteiger partial charge in [-0.3, -0.25) is 9.59 Å². The Balaban J connectivity index is 3.31. The molecule has 0 N–H and O–H groups in total. The number of alkyl halides is 3. The zero-order valence-corrected chi connectivity index (χ0v) is 12.7. The van der Waals surface area contributed by atoms with E-state index in [-0.39, 0.29) is 12.1 Å². The van der Waals surface area contributed by atoms with Gasteiger partial charge < -0.3 is 4.90 Å². The molecule has 23 heavy (non-hydrogen) atoms. The summed E-state index contributed by atoms with van der Waals surface area (Å²) in [5, 5.41) is 8.71. The maximum absolute atomic E-state index is 13.1. The van der Waals surface area contributed by atoms with Gasteiger partial charge in [0.15, 0.2) is 0 Å². The number of hydrogen-bond acceptors (Lipinski definition) is 4. The Labute approximate surface area is 131 Å². The van der Waals surface area contributed by atoms with Gasteiger partial charge in [0.25, 0.3) is 5.91 Å². The number of carbonyl (C=O) groups excluding carboxylic acids is 2. The lowest BCUT2D eigenvalue weighted by Gasteiger charge is -2.24. The van der Waals surface area contributed by atoms with Crippen LogP contribution in [0.1, 0.15) is 12.5 Å². The largest absolute Gasteiger partial charge is 0.431 e. The summed E-state index contributed by atoms with van der Waals surface area (Å²) < 4.78 is 39.2. The van der Waals surface area contributed by atoms with Crippen LogP contribution >= 0.6 is 0 Å². The molecule has 0 heterocycles. The molecule has 0 aliphatic rings. The Morgan fingerprint density at radius 1 is 1.22 bits per heavy atom. The summed E-state index contributed by atoms with van der Waals surface area (Å²) in [7, 11) is 2.32. The number of rotatable bonds is 4. The lowest BCUT2D eigenvalue weighted by Crippen LogP contribution is -2.35. The van der Waals surface area contributed by atoms with Crippen LogP contribution in [0, 0.1) is 11.3 Å². The Hall–Kier alpha value is -2.82. The third-order valence-electron chi connectivity index (χ3n) is 2.99. The van der Waals surface area contributed by atoms with Crippen LogP contribution in [0.3, 0.4) is 0 Å². The molecule has 0 unspecified atom stereocenters. The highest BCUT2D eigenvalue weighted by Crippen LogP contribution is 2.30. The van der Waals surface area contributed by atoms with E-state index in [1.54, 1.807) is 0 Å². The van der Waals surface area contributed by atoms with Gasteiger partial charge in [-0.2, -0.15) is 18.4 Å². The van der Waals surface area contributed by atoms with Crippen molar-refractivity contribution >= 4 is 18.0 Å². The zero-order valence-electron chi connectivity index (χ0n) is 12.7. The molecule has 2 amide bonds. The molecule has 0 aliphatic heterocycles. The molecule has 0 fully saturated rings. The summed E-state index contributed by atoms with van der Waals surface area (Å²) in [6.07, 6.45) is -4.60. The SMILES string of the molecule is C/C(C(=O)N(C=O)c1ccc(C#N)cc1)=C(/N(C)C)C(F)(F)F. The number of halogens is 3. The van der Waals surface area contributed by atoms with Crippen LogP contribution in [-0.4, -0.2) is 37.5 Å². The lowest BCUT2D eigenvalue weighted by molar-refractivity contribution is -0.122. The van der Waals surface area contributed by atoms with Gasteiger partial charge in [-0.05, 0) is 31.2 Å². The van der Waals surface area contributed by atoms with Crippen molar-refractivity contribution in [1.82, 2.24) is 4.90 Å². The van der Waals surface area contributed by atoms with E-state index in [0.29, 0.717) is 10.5 Å². The number of nitrogens with zero attached hydrogens (tertiary/aromatic N) is 3. The number of allylic oxidation sites excluding steroid dienone is 1. The quantitative estimate of drug-likeness (QED) is 0.630. The summed E-state index contributed by atoms with van der Waals surface area (Å²) in [6, 6.07) is 7.18. The fourth-order valence-electron chi connectivity index (χ4n) is 2.01. The molecular weight excluding hydrogens is 311 g/mol. The zero-order chi connectivity index (χ0) is 17.8. The monoisotopic (exact) mass is 325 g/mol. The summed E-state index contributed by atoms with van der Waals surface area (Å²) in [5.41, 5.74) is -1.38. The Bertz CT molecular complexity index is 671. The first-order valence-corrected chi connectivity index (χ1v) is 6.38. The van der Waals surface area contributed by atoms with Crippen LogP contribution in [0.15, 0.2) is 35.5 Å². The van der Waals surface area contributed by atoms with Gasteiger partial charge in [0.05, 0.1) is 17.3 Å². The smallest absolute Gasteiger partial charge is 0.373 e. The maximum atomic E-state index is 13.1. The molecule has 1 aromatic carbocycles. The molecule has 122 valence electrons. The predicted octanol–water partition coefficient (Wildman–Crippen LogP) is 2.45. The number of nitriles is 1. The molecule has 0 saturated carbocycles. The number of benzene rings is 1. The molecular formula is C15H14F3N3O2. The van der Waals surface area contributed by atoms with Gasteiger partial charge in [-0.25, -0.2) is 4.90 Å². The molecule has 0 aliphatic carbocycles. The van der Waals surface area contributed by atoms with Gasteiger partial charge in [0, 0.05) is 19.7 Å². The van der Waals surface area contributed by atoms with E-state index in [1.807, 2.05) is 6.07 Å². The molecule has 0 radical (unpaired) electrons. The standard InChI is InChI=1S/C15H14F3N3O2/c1-10(13(20(2)3)15(16,17)18)14(23)21(9-22)12-6-4-11(8-19)5-7-12/h4-7,9H,1-3H3/b13-10-. The van der Waals surface area contributed by atoms with Crippen molar-refractivity contribution in [3.63, 3.8) is 0 Å². The van der Waals surface area contributed by atoms with Crippen molar-refractivity contribution in [2.45, 2.75) is 13.1 Å². The molecule has 0 bridgehead atoms. The molecule has 1 aromatic rings. The normalized spacial score (nSPS) is 12.0. The highest BCUT2D eigenvalue weighted by atomic mass is 19.4. The van der Waals surface area contributed by atoms with Crippen molar-refractivity contribution in [2.75, 3.05) is 19.0 Å². The predicted molar refractivity (Wildman–Crippen MR) is 77.1 cm³/mol. The fraction of sp³-hybridized carbons (Fsp3) is 0.267. The lowest BCUT2D eigenvalue weighted by atomic mass is 10.1. The molecule has 8 heteroatoms. The van der Waals surface area contributed by atoms with E-state index in [4.69, 9.17) is 5.26 Å².